The molecule has 1 heterocycles. The first-order valence-electron chi connectivity index (χ1n) is 7.01. The monoisotopic (exact) mass is 308 g/mol. The van der Waals surface area contributed by atoms with E-state index >= 15 is 0 Å². The van der Waals surface area contributed by atoms with Crippen molar-refractivity contribution in [2.45, 2.75) is 49.7 Å². The fraction of sp³-hybridized carbons (Fsp3) is 0.438. The standard InChI is InChI=1S/C16H17ClO2S/c1-9(2)20-15-8-14-12(7-13(15)17)10-5-3-4-6-11(10)16(18)19-14/h7-9H,3-6H2,1-2H3. The number of fused-ring (bicyclic) bond motifs is 3. The molecule has 0 bridgehead atoms. The first-order valence-corrected chi connectivity index (χ1v) is 8.27. The highest BCUT2D eigenvalue weighted by molar-refractivity contribution is 8.00. The molecule has 1 aliphatic carbocycles. The molecule has 2 nitrogen and oxygen atoms in total. The third-order valence-corrected chi connectivity index (χ3v) is 5.13. The molecule has 0 unspecified atom stereocenters. The van der Waals surface area contributed by atoms with Gasteiger partial charge in [-0.2, -0.15) is 0 Å². The Balaban J connectivity index is 2.24. The zero-order chi connectivity index (χ0) is 14.3. The molecular formula is C16H17ClO2S. The van der Waals surface area contributed by atoms with E-state index in [0.717, 1.165) is 52.1 Å². The number of aryl methyl sites for hydroxylation is 1. The van der Waals surface area contributed by atoms with Gasteiger partial charge in [-0.25, -0.2) is 4.79 Å². The molecule has 106 valence electrons. The minimum Gasteiger partial charge on any atom is -0.422 e. The lowest BCUT2D eigenvalue weighted by Gasteiger charge is -2.17. The molecule has 0 aliphatic heterocycles. The van der Waals surface area contributed by atoms with Crippen LogP contribution in [0.15, 0.2) is 26.2 Å². The van der Waals surface area contributed by atoms with Crippen LogP contribution in [0.2, 0.25) is 5.02 Å². The first-order chi connectivity index (χ1) is 9.56. The number of rotatable bonds is 2. The second-order valence-electron chi connectivity index (χ2n) is 5.50. The maximum Gasteiger partial charge on any atom is 0.339 e. The summed E-state index contributed by atoms with van der Waals surface area (Å²) in [4.78, 5) is 13.1. The van der Waals surface area contributed by atoms with Gasteiger partial charge in [-0.05, 0) is 43.4 Å². The van der Waals surface area contributed by atoms with Crippen molar-refractivity contribution in [3.8, 4) is 0 Å². The van der Waals surface area contributed by atoms with Crippen LogP contribution < -0.4 is 5.63 Å². The van der Waals surface area contributed by atoms with Crippen molar-refractivity contribution >= 4 is 34.3 Å². The van der Waals surface area contributed by atoms with Crippen molar-refractivity contribution in [1.82, 2.24) is 0 Å². The summed E-state index contributed by atoms with van der Waals surface area (Å²) in [6.07, 6.45) is 3.97. The first kappa shape index (κ1) is 14.0. The Morgan fingerprint density at radius 2 is 1.90 bits per heavy atom. The molecule has 20 heavy (non-hydrogen) atoms. The summed E-state index contributed by atoms with van der Waals surface area (Å²) in [5.41, 5.74) is 2.49. The van der Waals surface area contributed by atoms with Crippen molar-refractivity contribution in [3.63, 3.8) is 0 Å². The van der Waals surface area contributed by atoms with E-state index in [4.69, 9.17) is 16.0 Å². The molecule has 0 fully saturated rings. The lowest BCUT2D eigenvalue weighted by atomic mass is 9.91. The van der Waals surface area contributed by atoms with Gasteiger partial charge in [0.1, 0.15) is 5.58 Å². The Morgan fingerprint density at radius 1 is 1.20 bits per heavy atom. The normalized spacial score (nSPS) is 14.8. The van der Waals surface area contributed by atoms with E-state index in [0.29, 0.717) is 10.8 Å². The van der Waals surface area contributed by atoms with Crippen molar-refractivity contribution in [3.05, 3.63) is 38.7 Å². The molecule has 2 aromatic rings. The molecule has 0 saturated heterocycles. The lowest BCUT2D eigenvalue weighted by molar-refractivity contribution is 0.533. The Bertz CT molecular complexity index is 718. The van der Waals surface area contributed by atoms with Crippen LogP contribution in [0.4, 0.5) is 0 Å². The highest BCUT2D eigenvalue weighted by atomic mass is 35.5. The summed E-state index contributed by atoms with van der Waals surface area (Å²) in [7, 11) is 0. The zero-order valence-corrected chi connectivity index (χ0v) is 13.2. The molecule has 0 amide bonds. The van der Waals surface area contributed by atoms with Crippen molar-refractivity contribution in [1.29, 1.82) is 0 Å². The van der Waals surface area contributed by atoms with Gasteiger partial charge in [0, 0.05) is 21.1 Å². The van der Waals surface area contributed by atoms with E-state index < -0.39 is 0 Å². The minimum absolute atomic E-state index is 0.171. The predicted molar refractivity (Wildman–Crippen MR) is 85.1 cm³/mol. The Morgan fingerprint density at radius 3 is 2.60 bits per heavy atom. The van der Waals surface area contributed by atoms with Crippen LogP contribution in [0.3, 0.4) is 0 Å². The van der Waals surface area contributed by atoms with E-state index in [9.17, 15) is 4.79 Å². The Hall–Kier alpha value is -0.930. The van der Waals surface area contributed by atoms with Crippen LogP contribution in [0, 0.1) is 0 Å². The van der Waals surface area contributed by atoms with Gasteiger partial charge >= 0.3 is 5.63 Å². The van der Waals surface area contributed by atoms with Gasteiger partial charge in [0.05, 0.1) is 5.02 Å². The maximum absolute atomic E-state index is 12.1. The van der Waals surface area contributed by atoms with Crippen molar-refractivity contribution in [2.75, 3.05) is 0 Å². The number of hydrogen-bond donors (Lipinski definition) is 0. The maximum atomic E-state index is 12.1. The molecule has 0 saturated carbocycles. The van der Waals surface area contributed by atoms with Gasteiger partial charge < -0.3 is 4.42 Å². The highest BCUT2D eigenvalue weighted by Gasteiger charge is 2.19. The van der Waals surface area contributed by atoms with Crippen LogP contribution >= 0.6 is 23.4 Å². The fourth-order valence-corrected chi connectivity index (χ4v) is 3.94. The second-order valence-corrected chi connectivity index (χ2v) is 7.52. The predicted octanol–water partition coefficient (Wildman–Crippen LogP) is 4.83. The van der Waals surface area contributed by atoms with Gasteiger partial charge in [0.2, 0.25) is 0 Å². The van der Waals surface area contributed by atoms with E-state index in [-0.39, 0.29) is 5.63 Å². The summed E-state index contributed by atoms with van der Waals surface area (Å²) < 4.78 is 5.51. The Kier molecular flexibility index (Phi) is 3.83. The molecule has 0 radical (unpaired) electrons. The molecule has 4 heteroatoms. The van der Waals surface area contributed by atoms with Gasteiger partial charge in [0.25, 0.3) is 0 Å². The fourth-order valence-electron chi connectivity index (χ4n) is 2.79. The molecule has 0 spiro atoms. The van der Waals surface area contributed by atoms with Crippen LogP contribution in [0.5, 0.6) is 0 Å². The van der Waals surface area contributed by atoms with E-state index in [2.05, 4.69) is 13.8 Å². The number of halogens is 1. The zero-order valence-electron chi connectivity index (χ0n) is 11.7. The molecule has 1 aromatic carbocycles. The van der Waals surface area contributed by atoms with E-state index in [1.54, 1.807) is 11.8 Å². The van der Waals surface area contributed by atoms with Crippen LogP contribution in [-0.4, -0.2) is 5.25 Å². The lowest BCUT2D eigenvalue weighted by Crippen LogP contribution is -2.15. The summed E-state index contributed by atoms with van der Waals surface area (Å²) in [5.74, 6) is 0. The van der Waals surface area contributed by atoms with Crippen LogP contribution in [-0.2, 0) is 12.8 Å². The van der Waals surface area contributed by atoms with Gasteiger partial charge in [0.15, 0.2) is 0 Å². The molecule has 1 aliphatic rings. The Labute approximate surface area is 127 Å². The molecule has 0 N–H and O–H groups in total. The molecule has 3 rings (SSSR count). The largest absolute Gasteiger partial charge is 0.422 e. The molecule has 1 aromatic heterocycles. The number of hydrogen-bond acceptors (Lipinski definition) is 3. The van der Waals surface area contributed by atoms with Crippen molar-refractivity contribution in [2.24, 2.45) is 0 Å². The SMILES string of the molecule is CC(C)Sc1cc2oc(=O)c3c(c2cc1Cl)CCCC3. The van der Waals surface area contributed by atoms with Gasteiger partial charge in [-0.15, -0.1) is 11.8 Å². The van der Waals surface area contributed by atoms with E-state index in [1.165, 1.54) is 0 Å². The topological polar surface area (TPSA) is 30.2 Å². The quantitative estimate of drug-likeness (QED) is 0.588. The average Bonchev–Trinajstić information content (AvgIpc) is 2.41. The number of thioether (sulfide) groups is 1. The summed E-state index contributed by atoms with van der Waals surface area (Å²) in [5, 5.41) is 2.20. The third kappa shape index (κ3) is 2.49. The summed E-state index contributed by atoms with van der Waals surface area (Å²) in [6, 6.07) is 3.88. The molecule has 0 atom stereocenters. The summed E-state index contributed by atoms with van der Waals surface area (Å²) in [6.45, 7) is 4.24. The van der Waals surface area contributed by atoms with Gasteiger partial charge in [-0.3, -0.25) is 0 Å². The third-order valence-electron chi connectivity index (χ3n) is 3.64. The number of benzene rings is 1. The average molecular weight is 309 g/mol. The van der Waals surface area contributed by atoms with Crippen LogP contribution in [0.25, 0.3) is 11.0 Å². The minimum atomic E-state index is -0.171. The van der Waals surface area contributed by atoms with E-state index in [1.807, 2.05) is 12.1 Å². The van der Waals surface area contributed by atoms with Crippen LogP contribution in [0.1, 0.15) is 37.8 Å². The summed E-state index contributed by atoms with van der Waals surface area (Å²) >= 11 is 8.08. The van der Waals surface area contributed by atoms with Gasteiger partial charge in [-0.1, -0.05) is 25.4 Å². The highest BCUT2D eigenvalue weighted by Crippen LogP contribution is 2.36. The van der Waals surface area contributed by atoms with Crippen molar-refractivity contribution < 1.29 is 4.42 Å². The molecular weight excluding hydrogens is 292 g/mol. The second kappa shape index (κ2) is 5.45. The smallest absolute Gasteiger partial charge is 0.339 e.